The molecule has 9 heteroatoms. The van der Waals surface area contributed by atoms with Gasteiger partial charge in [-0.1, -0.05) is 79.2 Å². The fourth-order valence-electron chi connectivity index (χ4n) is 4.94. The Bertz CT molecular complexity index is 1690. The number of nitrogens with zero attached hydrogens (tertiary/aromatic N) is 2. The number of hydrogen-bond acceptors (Lipinski definition) is 4. The summed E-state index contributed by atoms with van der Waals surface area (Å²) < 4.78 is 42.8. The van der Waals surface area contributed by atoms with Gasteiger partial charge in [0.05, 0.1) is 10.6 Å². The zero-order valence-corrected chi connectivity index (χ0v) is 26.9. The molecule has 0 spiro atoms. The van der Waals surface area contributed by atoms with Crippen LogP contribution in [-0.2, 0) is 32.6 Å². The van der Waals surface area contributed by atoms with E-state index in [-0.39, 0.29) is 35.5 Å². The number of carbonyl (C=O) groups excluding carboxylic acids is 2. The van der Waals surface area contributed by atoms with Gasteiger partial charge < -0.3 is 10.2 Å². The first-order valence-corrected chi connectivity index (χ1v) is 16.5. The molecule has 0 saturated carbocycles. The second kappa shape index (κ2) is 15.0. The van der Waals surface area contributed by atoms with Gasteiger partial charge in [0, 0.05) is 19.0 Å². The normalized spacial score (nSPS) is 12.6. The lowest BCUT2D eigenvalue weighted by atomic mass is 10.0. The van der Waals surface area contributed by atoms with Gasteiger partial charge in [-0.2, -0.15) is 0 Å². The molecule has 0 aromatic heterocycles. The highest BCUT2D eigenvalue weighted by atomic mass is 32.2. The Labute approximate surface area is 265 Å². The van der Waals surface area contributed by atoms with Gasteiger partial charge in [0.1, 0.15) is 18.4 Å². The molecule has 2 atom stereocenters. The molecule has 45 heavy (non-hydrogen) atoms. The molecule has 0 unspecified atom stereocenters. The lowest BCUT2D eigenvalue weighted by Crippen LogP contribution is -2.54. The molecule has 0 radical (unpaired) electrons. The third kappa shape index (κ3) is 8.57. The highest BCUT2D eigenvalue weighted by Gasteiger charge is 2.35. The van der Waals surface area contributed by atoms with Crippen LogP contribution in [0.25, 0.3) is 0 Å². The number of nitrogens with one attached hydrogen (secondary N) is 1. The molecule has 0 aliphatic carbocycles. The van der Waals surface area contributed by atoms with Gasteiger partial charge in [-0.25, -0.2) is 12.8 Å². The second-order valence-electron chi connectivity index (χ2n) is 11.3. The Kier molecular flexibility index (Phi) is 11.1. The van der Waals surface area contributed by atoms with Crippen LogP contribution in [0.1, 0.15) is 42.5 Å². The largest absolute Gasteiger partial charge is 0.352 e. The number of benzene rings is 4. The molecule has 0 heterocycles. The molecular weight excluding hydrogens is 589 g/mol. The van der Waals surface area contributed by atoms with Crippen molar-refractivity contribution in [2.24, 2.45) is 0 Å². The van der Waals surface area contributed by atoms with Gasteiger partial charge in [-0.05, 0) is 80.3 Å². The minimum Gasteiger partial charge on any atom is -0.352 e. The van der Waals surface area contributed by atoms with E-state index in [1.807, 2.05) is 82.3 Å². The average Bonchev–Trinajstić information content (AvgIpc) is 3.03. The number of anilines is 1. The van der Waals surface area contributed by atoms with Crippen molar-refractivity contribution in [3.8, 4) is 0 Å². The fourth-order valence-corrected chi connectivity index (χ4v) is 6.35. The Morgan fingerprint density at radius 1 is 0.844 bits per heavy atom. The molecular formula is C36H40FN3O4S. The van der Waals surface area contributed by atoms with Gasteiger partial charge in [0.25, 0.3) is 10.0 Å². The van der Waals surface area contributed by atoms with E-state index >= 15 is 0 Å². The van der Waals surface area contributed by atoms with Gasteiger partial charge in [-0.15, -0.1) is 0 Å². The minimum atomic E-state index is -4.30. The first kappa shape index (κ1) is 33.4. The van der Waals surface area contributed by atoms with Crippen LogP contribution in [-0.4, -0.2) is 43.8 Å². The summed E-state index contributed by atoms with van der Waals surface area (Å²) in [4.78, 5) is 29.7. The van der Waals surface area contributed by atoms with Crippen molar-refractivity contribution in [2.45, 2.75) is 64.1 Å². The van der Waals surface area contributed by atoms with Crippen LogP contribution < -0.4 is 9.62 Å². The molecule has 0 aliphatic heterocycles. The molecule has 236 valence electrons. The van der Waals surface area contributed by atoms with Crippen molar-refractivity contribution >= 4 is 27.5 Å². The number of carbonyl (C=O) groups is 2. The SMILES string of the molecule is CC[C@@H](C)NC(=O)[C@@H](Cc1ccccc1)N(Cc1ccccc1C)C(=O)CN(c1ccc(C)cc1)S(=O)(=O)c1ccc(F)cc1. The van der Waals surface area contributed by atoms with E-state index in [0.29, 0.717) is 6.42 Å². The molecule has 1 N–H and O–H groups in total. The number of sulfonamides is 1. The zero-order chi connectivity index (χ0) is 32.6. The van der Waals surface area contributed by atoms with E-state index in [4.69, 9.17) is 0 Å². The van der Waals surface area contributed by atoms with Crippen molar-refractivity contribution in [2.75, 3.05) is 10.8 Å². The summed E-state index contributed by atoms with van der Waals surface area (Å²) in [7, 11) is -4.30. The lowest BCUT2D eigenvalue weighted by Gasteiger charge is -2.34. The van der Waals surface area contributed by atoms with Crippen LogP contribution in [0.4, 0.5) is 10.1 Å². The maximum absolute atomic E-state index is 14.5. The summed E-state index contributed by atoms with van der Waals surface area (Å²) >= 11 is 0. The predicted octanol–water partition coefficient (Wildman–Crippen LogP) is 6.19. The monoisotopic (exact) mass is 629 g/mol. The molecule has 0 aliphatic rings. The Morgan fingerprint density at radius 2 is 1.47 bits per heavy atom. The number of hydrogen-bond donors (Lipinski definition) is 1. The molecule has 4 rings (SSSR count). The van der Waals surface area contributed by atoms with Gasteiger partial charge in [-0.3, -0.25) is 13.9 Å². The van der Waals surface area contributed by atoms with Crippen molar-refractivity contribution in [1.29, 1.82) is 0 Å². The zero-order valence-electron chi connectivity index (χ0n) is 26.1. The van der Waals surface area contributed by atoms with E-state index in [1.165, 1.54) is 17.0 Å². The summed E-state index contributed by atoms with van der Waals surface area (Å²) in [6.45, 7) is 7.20. The van der Waals surface area contributed by atoms with E-state index in [2.05, 4.69) is 5.32 Å². The highest BCUT2D eigenvalue weighted by Crippen LogP contribution is 2.26. The van der Waals surface area contributed by atoms with Crippen molar-refractivity contribution in [1.82, 2.24) is 10.2 Å². The van der Waals surface area contributed by atoms with Crippen LogP contribution in [0.3, 0.4) is 0 Å². The highest BCUT2D eigenvalue weighted by molar-refractivity contribution is 7.92. The first-order valence-electron chi connectivity index (χ1n) is 15.0. The summed E-state index contributed by atoms with van der Waals surface area (Å²) in [5.74, 6) is -1.45. The first-order chi connectivity index (χ1) is 21.5. The minimum absolute atomic E-state index is 0.0925. The van der Waals surface area contributed by atoms with Crippen LogP contribution in [0.15, 0.2) is 108 Å². The van der Waals surface area contributed by atoms with Crippen molar-refractivity contribution in [3.63, 3.8) is 0 Å². The third-order valence-electron chi connectivity index (χ3n) is 7.88. The summed E-state index contributed by atoms with van der Waals surface area (Å²) in [5, 5.41) is 3.04. The maximum atomic E-state index is 14.5. The number of rotatable bonds is 13. The Hall–Kier alpha value is -4.50. The van der Waals surface area contributed by atoms with Gasteiger partial charge in [0.2, 0.25) is 11.8 Å². The van der Waals surface area contributed by atoms with E-state index < -0.39 is 34.3 Å². The van der Waals surface area contributed by atoms with Crippen molar-refractivity contribution < 1.29 is 22.4 Å². The smallest absolute Gasteiger partial charge is 0.264 e. The third-order valence-corrected chi connectivity index (χ3v) is 9.66. The molecule has 0 saturated heterocycles. The molecule has 7 nitrogen and oxygen atoms in total. The summed E-state index contributed by atoms with van der Waals surface area (Å²) in [6.07, 6.45) is 0.933. The Balaban J connectivity index is 1.81. The average molecular weight is 630 g/mol. The second-order valence-corrected chi connectivity index (χ2v) is 13.1. The molecule has 0 bridgehead atoms. The fraction of sp³-hybridized carbons (Fsp3) is 0.278. The van der Waals surface area contributed by atoms with E-state index in [0.717, 1.165) is 38.7 Å². The predicted molar refractivity (Wildman–Crippen MR) is 176 cm³/mol. The van der Waals surface area contributed by atoms with Gasteiger partial charge >= 0.3 is 0 Å². The van der Waals surface area contributed by atoms with Gasteiger partial charge in [0.15, 0.2) is 0 Å². The van der Waals surface area contributed by atoms with Crippen LogP contribution in [0, 0.1) is 19.7 Å². The topological polar surface area (TPSA) is 86.8 Å². The maximum Gasteiger partial charge on any atom is 0.264 e. The summed E-state index contributed by atoms with van der Waals surface area (Å²) in [5.41, 5.74) is 3.82. The molecule has 0 fully saturated rings. The van der Waals surface area contributed by atoms with Crippen LogP contribution in [0.5, 0.6) is 0 Å². The lowest BCUT2D eigenvalue weighted by molar-refractivity contribution is -0.140. The van der Waals surface area contributed by atoms with E-state index in [9.17, 15) is 22.4 Å². The number of halogens is 1. The molecule has 4 aromatic carbocycles. The quantitative estimate of drug-likeness (QED) is 0.191. The van der Waals surface area contributed by atoms with E-state index in [1.54, 1.807) is 24.3 Å². The molecule has 4 aromatic rings. The standard InChI is InChI=1S/C36H40FN3O4S/c1-5-28(4)38-36(42)34(23-29-12-7-6-8-13-29)39(24-30-14-10-9-11-27(30)3)35(41)25-40(32-19-15-26(2)16-20-32)45(43,44)33-21-17-31(37)18-22-33/h6-22,28,34H,5,23-25H2,1-4H3,(H,38,42)/t28-,34-/m1/s1. The number of amides is 2. The van der Waals surface area contributed by atoms with Crippen LogP contribution >= 0.6 is 0 Å². The van der Waals surface area contributed by atoms with Crippen molar-refractivity contribution in [3.05, 3.63) is 131 Å². The Morgan fingerprint density at radius 3 is 2.09 bits per heavy atom. The molecule has 2 amide bonds. The van der Waals surface area contributed by atoms with Crippen LogP contribution in [0.2, 0.25) is 0 Å². The number of aryl methyl sites for hydroxylation is 2. The summed E-state index contributed by atoms with van der Waals surface area (Å²) in [6, 6.07) is 27.3.